The predicted molar refractivity (Wildman–Crippen MR) is 98.5 cm³/mol. The van der Waals surface area contributed by atoms with Gasteiger partial charge >= 0.3 is 0 Å². The lowest BCUT2D eigenvalue weighted by atomic mass is 10.2. The van der Waals surface area contributed by atoms with Crippen LogP contribution in [0, 0.1) is 0 Å². The van der Waals surface area contributed by atoms with Crippen molar-refractivity contribution in [3.63, 3.8) is 0 Å². The number of halogens is 1. The van der Waals surface area contributed by atoms with E-state index in [0.29, 0.717) is 29.7 Å². The van der Waals surface area contributed by atoms with Gasteiger partial charge in [-0.3, -0.25) is 0 Å². The second-order valence-electron chi connectivity index (χ2n) is 5.01. The van der Waals surface area contributed by atoms with Gasteiger partial charge in [-0.2, -0.15) is 0 Å². The van der Waals surface area contributed by atoms with Gasteiger partial charge in [0.15, 0.2) is 17.5 Å². The number of hydrogen-bond acceptors (Lipinski definition) is 4. The smallest absolute Gasteiger partial charge is 0.191 e. The van der Waals surface area contributed by atoms with Gasteiger partial charge in [0.2, 0.25) is 0 Å². The Morgan fingerprint density at radius 2 is 2.00 bits per heavy atom. The van der Waals surface area contributed by atoms with Crippen molar-refractivity contribution in [1.29, 1.82) is 0 Å². The first-order chi connectivity index (χ1) is 11.7. The van der Waals surface area contributed by atoms with Gasteiger partial charge in [0, 0.05) is 26.8 Å². The van der Waals surface area contributed by atoms with E-state index in [9.17, 15) is 0 Å². The molecule has 1 rings (SSSR count). The molecule has 24 heavy (non-hydrogen) atoms. The van der Waals surface area contributed by atoms with E-state index in [0.717, 1.165) is 37.6 Å². The molecule has 0 unspecified atom stereocenters. The van der Waals surface area contributed by atoms with Gasteiger partial charge in [0.1, 0.15) is 0 Å². The molecule has 0 aromatic heterocycles. The third-order valence-electron chi connectivity index (χ3n) is 3.16. The second kappa shape index (κ2) is 11.8. The predicted octanol–water partition coefficient (Wildman–Crippen LogP) is 2.84. The number of rotatable bonds is 10. The molecule has 1 aromatic rings. The number of aliphatic imine (C=N–C) groups is 1. The van der Waals surface area contributed by atoms with Crippen LogP contribution in [-0.4, -0.2) is 46.5 Å². The summed E-state index contributed by atoms with van der Waals surface area (Å²) in [4.78, 5) is 4.57. The second-order valence-corrected chi connectivity index (χ2v) is 5.42. The van der Waals surface area contributed by atoms with E-state index in [4.69, 9.17) is 25.8 Å². The molecule has 6 nitrogen and oxygen atoms in total. The first-order valence-corrected chi connectivity index (χ1v) is 8.54. The topological polar surface area (TPSA) is 64.1 Å². The summed E-state index contributed by atoms with van der Waals surface area (Å²) in [5.41, 5.74) is 0.953. The zero-order chi connectivity index (χ0) is 17.8. The highest BCUT2D eigenvalue weighted by molar-refractivity contribution is 6.32. The van der Waals surface area contributed by atoms with E-state index in [1.165, 1.54) is 0 Å². The quantitative estimate of drug-likeness (QED) is 0.383. The first-order valence-electron chi connectivity index (χ1n) is 8.16. The fourth-order valence-electron chi connectivity index (χ4n) is 2.08. The number of guanidine groups is 1. The Morgan fingerprint density at radius 1 is 1.21 bits per heavy atom. The Balaban J connectivity index is 2.79. The van der Waals surface area contributed by atoms with E-state index < -0.39 is 0 Å². The van der Waals surface area contributed by atoms with Crippen molar-refractivity contribution in [2.45, 2.75) is 26.8 Å². The number of methoxy groups -OCH3 is 2. The van der Waals surface area contributed by atoms with Crippen molar-refractivity contribution in [2.75, 3.05) is 40.5 Å². The molecule has 136 valence electrons. The summed E-state index contributed by atoms with van der Waals surface area (Å²) in [6, 6.07) is 3.75. The molecule has 0 heterocycles. The highest BCUT2D eigenvalue weighted by Crippen LogP contribution is 2.36. The van der Waals surface area contributed by atoms with Crippen LogP contribution < -0.4 is 20.1 Å². The number of hydrogen-bond donors (Lipinski definition) is 2. The van der Waals surface area contributed by atoms with Crippen LogP contribution in [-0.2, 0) is 11.3 Å². The van der Waals surface area contributed by atoms with Crippen LogP contribution in [0.25, 0.3) is 0 Å². The van der Waals surface area contributed by atoms with Crippen molar-refractivity contribution < 1.29 is 14.2 Å². The van der Waals surface area contributed by atoms with E-state index in [-0.39, 0.29) is 0 Å². The molecule has 1 aromatic carbocycles. The van der Waals surface area contributed by atoms with Gasteiger partial charge in [-0.1, -0.05) is 11.6 Å². The minimum absolute atomic E-state index is 0.488. The zero-order valence-corrected chi connectivity index (χ0v) is 15.7. The van der Waals surface area contributed by atoms with Crippen molar-refractivity contribution in [2.24, 2.45) is 4.99 Å². The molecule has 0 radical (unpaired) electrons. The Hall–Kier alpha value is -1.66. The van der Waals surface area contributed by atoms with Gasteiger partial charge in [-0.25, -0.2) is 4.99 Å². The standard InChI is InChI=1S/C17H28ClN3O3/c1-5-19-17(20-8-7-9-22-3)21-12-13-10-14(18)16(24-6-2)15(11-13)23-4/h10-11H,5-9,12H2,1-4H3,(H2,19,20,21). The molecule has 0 atom stereocenters. The van der Waals surface area contributed by atoms with E-state index in [2.05, 4.69) is 15.6 Å². The van der Waals surface area contributed by atoms with Crippen LogP contribution in [0.15, 0.2) is 17.1 Å². The summed E-state index contributed by atoms with van der Waals surface area (Å²) in [6.07, 6.45) is 0.920. The number of nitrogens with zero attached hydrogens (tertiary/aromatic N) is 1. The van der Waals surface area contributed by atoms with Crippen LogP contribution in [0.1, 0.15) is 25.8 Å². The van der Waals surface area contributed by atoms with Crippen LogP contribution in [0.2, 0.25) is 5.02 Å². The van der Waals surface area contributed by atoms with Crippen molar-refractivity contribution in [3.8, 4) is 11.5 Å². The lowest BCUT2D eigenvalue weighted by molar-refractivity contribution is 0.195. The number of nitrogens with one attached hydrogen (secondary N) is 2. The highest BCUT2D eigenvalue weighted by atomic mass is 35.5. The highest BCUT2D eigenvalue weighted by Gasteiger charge is 2.11. The Kier molecular flexibility index (Phi) is 10.0. The summed E-state index contributed by atoms with van der Waals surface area (Å²) < 4.78 is 15.9. The summed E-state index contributed by atoms with van der Waals surface area (Å²) in [5.74, 6) is 1.95. The average Bonchev–Trinajstić information content (AvgIpc) is 2.58. The molecule has 0 aliphatic carbocycles. The molecule has 2 N–H and O–H groups in total. The largest absolute Gasteiger partial charge is 0.493 e. The van der Waals surface area contributed by atoms with Gasteiger partial charge < -0.3 is 24.8 Å². The molecule has 0 bridgehead atoms. The first kappa shape index (κ1) is 20.4. The van der Waals surface area contributed by atoms with Gasteiger partial charge in [-0.05, 0) is 38.0 Å². The SMILES string of the molecule is CCNC(=NCc1cc(Cl)c(OCC)c(OC)c1)NCCCOC. The molecule has 0 aliphatic rings. The minimum atomic E-state index is 0.488. The summed E-state index contributed by atoms with van der Waals surface area (Å²) in [5, 5.41) is 7.01. The van der Waals surface area contributed by atoms with E-state index in [1.807, 2.05) is 26.0 Å². The molecule has 0 spiro atoms. The Labute approximate surface area is 149 Å². The molecule has 0 saturated heterocycles. The average molecular weight is 358 g/mol. The maximum atomic E-state index is 6.29. The van der Waals surface area contributed by atoms with Gasteiger partial charge in [-0.15, -0.1) is 0 Å². The fourth-order valence-corrected chi connectivity index (χ4v) is 2.37. The van der Waals surface area contributed by atoms with Crippen LogP contribution >= 0.6 is 11.6 Å². The van der Waals surface area contributed by atoms with E-state index in [1.54, 1.807) is 14.2 Å². The lowest BCUT2D eigenvalue weighted by Gasteiger charge is -2.13. The minimum Gasteiger partial charge on any atom is -0.493 e. The van der Waals surface area contributed by atoms with Crippen LogP contribution in [0.5, 0.6) is 11.5 Å². The lowest BCUT2D eigenvalue weighted by Crippen LogP contribution is -2.38. The normalized spacial score (nSPS) is 11.3. The molecule has 7 heteroatoms. The maximum absolute atomic E-state index is 6.29. The maximum Gasteiger partial charge on any atom is 0.191 e. The van der Waals surface area contributed by atoms with Crippen molar-refractivity contribution in [1.82, 2.24) is 10.6 Å². The van der Waals surface area contributed by atoms with Gasteiger partial charge in [0.05, 0.1) is 25.3 Å². The third-order valence-corrected chi connectivity index (χ3v) is 3.44. The Morgan fingerprint density at radius 3 is 2.62 bits per heavy atom. The number of benzene rings is 1. The van der Waals surface area contributed by atoms with Crippen LogP contribution in [0.4, 0.5) is 0 Å². The summed E-state index contributed by atoms with van der Waals surface area (Å²) >= 11 is 6.29. The summed E-state index contributed by atoms with van der Waals surface area (Å²) in [7, 11) is 3.30. The third kappa shape index (κ3) is 6.84. The zero-order valence-electron chi connectivity index (χ0n) is 14.9. The fraction of sp³-hybridized carbons (Fsp3) is 0.588. The number of ether oxygens (including phenoxy) is 3. The van der Waals surface area contributed by atoms with Crippen LogP contribution in [0.3, 0.4) is 0 Å². The molecule has 0 amide bonds. The molecular formula is C17H28ClN3O3. The molecule has 0 aliphatic heterocycles. The molecular weight excluding hydrogens is 330 g/mol. The molecule has 0 saturated carbocycles. The molecule has 0 fully saturated rings. The Bertz CT molecular complexity index is 524. The van der Waals surface area contributed by atoms with E-state index >= 15 is 0 Å². The van der Waals surface area contributed by atoms with Crippen molar-refractivity contribution in [3.05, 3.63) is 22.7 Å². The summed E-state index contributed by atoms with van der Waals surface area (Å²) in [6.45, 7) is 7.27. The van der Waals surface area contributed by atoms with Gasteiger partial charge in [0.25, 0.3) is 0 Å². The van der Waals surface area contributed by atoms with Crippen molar-refractivity contribution >= 4 is 17.6 Å². The monoisotopic (exact) mass is 357 g/mol.